The largest absolute Gasteiger partial charge is 0.399 e. The van der Waals surface area contributed by atoms with Gasteiger partial charge in [-0.05, 0) is 60.0 Å². The molecule has 32 heavy (non-hydrogen) atoms. The van der Waals surface area contributed by atoms with E-state index in [1.807, 2.05) is 6.07 Å². The molecule has 1 aromatic heterocycles. The number of rotatable bonds is 6. The molecule has 0 aliphatic heterocycles. The number of nitrogens with one attached hydrogen (secondary N) is 1. The normalized spacial score (nSPS) is 12.7. The average Bonchev–Trinajstić information content (AvgIpc) is 2.71. The van der Waals surface area contributed by atoms with Gasteiger partial charge in [0, 0.05) is 21.8 Å². The molecule has 3 aromatic rings. The van der Waals surface area contributed by atoms with Gasteiger partial charge in [0.15, 0.2) is 0 Å². The smallest absolute Gasteiger partial charge is 0.346 e. The zero-order valence-electron chi connectivity index (χ0n) is 17.0. The van der Waals surface area contributed by atoms with Crippen molar-refractivity contribution in [3.8, 4) is 0 Å². The molecule has 1 heterocycles. The molecule has 3 nitrogen and oxygen atoms in total. The number of hydrogen-bond acceptors (Lipinski definition) is 2. The maximum absolute atomic E-state index is 13.7. The first-order valence-electron chi connectivity index (χ1n) is 9.63. The molecule has 0 fully saturated rings. The Morgan fingerprint density at radius 1 is 1.09 bits per heavy atom. The Morgan fingerprint density at radius 2 is 1.81 bits per heavy atom. The van der Waals surface area contributed by atoms with Gasteiger partial charge < -0.3 is 5.32 Å². The van der Waals surface area contributed by atoms with E-state index in [1.165, 1.54) is 24.3 Å². The van der Waals surface area contributed by atoms with Crippen LogP contribution in [0.1, 0.15) is 38.7 Å². The van der Waals surface area contributed by atoms with Crippen molar-refractivity contribution in [2.75, 3.05) is 0 Å². The van der Waals surface area contributed by atoms with Crippen LogP contribution in [-0.4, -0.2) is 17.1 Å². The number of carbonyl (C=O) groups excluding carboxylic acids is 1. The molecule has 0 saturated heterocycles. The van der Waals surface area contributed by atoms with Crippen LogP contribution in [0.5, 0.6) is 0 Å². The van der Waals surface area contributed by atoms with Gasteiger partial charge in [-0.15, -0.1) is 0 Å². The highest BCUT2D eigenvalue weighted by molar-refractivity contribution is 6.34. The molecule has 0 saturated carbocycles. The predicted molar refractivity (Wildman–Crippen MR) is 121 cm³/mol. The molecule has 0 spiro atoms. The topological polar surface area (TPSA) is 42.0 Å². The molecular weight excluding hydrogens is 460 g/mol. The van der Waals surface area contributed by atoms with Gasteiger partial charge in [-0.1, -0.05) is 53.6 Å². The maximum atomic E-state index is 13.7. The van der Waals surface area contributed by atoms with Gasteiger partial charge >= 0.3 is 6.18 Å². The van der Waals surface area contributed by atoms with E-state index in [1.54, 1.807) is 43.5 Å². The molecule has 8 heteroatoms. The van der Waals surface area contributed by atoms with Crippen LogP contribution in [0.15, 0.2) is 66.9 Å². The Balaban J connectivity index is 1.77. The summed E-state index contributed by atoms with van der Waals surface area (Å²) < 4.78 is 41.0. The van der Waals surface area contributed by atoms with Crippen molar-refractivity contribution < 1.29 is 18.0 Å². The quantitative estimate of drug-likeness (QED) is 0.414. The van der Waals surface area contributed by atoms with Gasteiger partial charge in [0.05, 0.1) is 18.2 Å². The Kier molecular flexibility index (Phi) is 7.59. The number of aryl methyl sites for hydroxylation is 1. The molecule has 166 valence electrons. The lowest BCUT2D eigenvalue weighted by molar-refractivity contribution is -0.139. The standard InChI is InChI=1S/C24H19Cl2F3N2O/c1-15-10-16(5-7-21(15)23(32)31-14-20-4-2-3-9-30-20)6-8-22(24(27,28)29)17-11-18(25)13-19(26)12-17/h2-13,22H,14H2,1H3,(H,31,32)/b8-6+. The number of benzene rings is 2. The van der Waals surface area contributed by atoms with Crippen molar-refractivity contribution in [2.45, 2.75) is 25.6 Å². The van der Waals surface area contributed by atoms with E-state index in [4.69, 9.17) is 23.2 Å². The number of alkyl halides is 3. The van der Waals surface area contributed by atoms with E-state index in [2.05, 4.69) is 10.3 Å². The number of aromatic nitrogens is 1. The molecule has 1 unspecified atom stereocenters. The van der Waals surface area contributed by atoms with E-state index in [0.29, 0.717) is 16.7 Å². The lowest BCUT2D eigenvalue weighted by atomic mass is 9.96. The van der Waals surface area contributed by atoms with Crippen molar-refractivity contribution in [2.24, 2.45) is 0 Å². The monoisotopic (exact) mass is 478 g/mol. The minimum Gasteiger partial charge on any atom is -0.346 e. The third kappa shape index (κ3) is 6.34. The highest BCUT2D eigenvalue weighted by Gasteiger charge is 2.39. The summed E-state index contributed by atoms with van der Waals surface area (Å²) in [6.45, 7) is 2.00. The molecule has 1 N–H and O–H groups in total. The fourth-order valence-corrected chi connectivity index (χ4v) is 3.73. The van der Waals surface area contributed by atoms with Crippen molar-refractivity contribution in [3.63, 3.8) is 0 Å². The predicted octanol–water partition coefficient (Wildman–Crippen LogP) is 6.99. The number of amides is 1. The van der Waals surface area contributed by atoms with Crippen molar-refractivity contribution in [1.29, 1.82) is 0 Å². The highest BCUT2D eigenvalue weighted by atomic mass is 35.5. The molecular formula is C24H19Cl2F3N2O. The van der Waals surface area contributed by atoms with E-state index >= 15 is 0 Å². The minimum absolute atomic E-state index is 0.0477. The zero-order chi connectivity index (χ0) is 23.3. The zero-order valence-corrected chi connectivity index (χ0v) is 18.5. The van der Waals surface area contributed by atoms with Crippen LogP contribution in [0.3, 0.4) is 0 Å². The lowest BCUT2D eigenvalue weighted by Gasteiger charge is -2.18. The third-order valence-electron chi connectivity index (χ3n) is 4.73. The van der Waals surface area contributed by atoms with Crippen LogP contribution in [0.25, 0.3) is 6.08 Å². The lowest BCUT2D eigenvalue weighted by Crippen LogP contribution is -2.24. The Labute approximate surface area is 193 Å². The van der Waals surface area contributed by atoms with Gasteiger partial charge in [-0.25, -0.2) is 0 Å². The number of halogens is 5. The Hall–Kier alpha value is -2.83. The molecule has 2 aromatic carbocycles. The molecule has 1 amide bonds. The first kappa shape index (κ1) is 23.8. The summed E-state index contributed by atoms with van der Waals surface area (Å²) in [6.07, 6.45) is -0.461. The van der Waals surface area contributed by atoms with Gasteiger partial charge in [0.25, 0.3) is 5.91 Å². The average molecular weight is 479 g/mol. The first-order chi connectivity index (χ1) is 15.1. The fourth-order valence-electron chi connectivity index (χ4n) is 3.19. The van der Waals surface area contributed by atoms with Gasteiger partial charge in [0.1, 0.15) is 0 Å². The van der Waals surface area contributed by atoms with Crippen molar-refractivity contribution in [1.82, 2.24) is 10.3 Å². The third-order valence-corrected chi connectivity index (χ3v) is 5.17. The second kappa shape index (κ2) is 10.2. The summed E-state index contributed by atoms with van der Waals surface area (Å²) in [5.41, 5.74) is 2.28. The van der Waals surface area contributed by atoms with E-state index < -0.39 is 12.1 Å². The molecule has 0 bridgehead atoms. The summed E-state index contributed by atoms with van der Waals surface area (Å²) in [6, 6.07) is 14.1. The van der Waals surface area contributed by atoms with Gasteiger partial charge in [0.2, 0.25) is 0 Å². The molecule has 0 aliphatic carbocycles. The molecule has 3 rings (SSSR count). The van der Waals surface area contributed by atoms with Crippen molar-refractivity contribution in [3.05, 3.63) is 105 Å². The molecule has 0 aliphatic rings. The number of pyridine rings is 1. The summed E-state index contributed by atoms with van der Waals surface area (Å²) >= 11 is 11.8. The van der Waals surface area contributed by atoms with E-state index in [9.17, 15) is 18.0 Å². The Bertz CT molecular complexity index is 1110. The number of nitrogens with zero attached hydrogens (tertiary/aromatic N) is 1. The van der Waals surface area contributed by atoms with Crippen LogP contribution in [0, 0.1) is 6.92 Å². The van der Waals surface area contributed by atoms with Crippen molar-refractivity contribution >= 4 is 35.2 Å². The second-order valence-electron chi connectivity index (χ2n) is 7.16. The first-order valence-corrected chi connectivity index (χ1v) is 10.4. The van der Waals surface area contributed by atoms with Crippen LogP contribution < -0.4 is 5.32 Å². The van der Waals surface area contributed by atoms with E-state index in [-0.39, 0.29) is 28.1 Å². The second-order valence-corrected chi connectivity index (χ2v) is 8.03. The summed E-state index contributed by atoms with van der Waals surface area (Å²) in [5.74, 6) is -2.16. The SMILES string of the molecule is Cc1cc(/C=C/C(c2cc(Cl)cc(Cl)c2)C(F)(F)F)ccc1C(=O)NCc1ccccn1. The van der Waals surface area contributed by atoms with Gasteiger partial charge in [-0.3, -0.25) is 9.78 Å². The van der Waals surface area contributed by atoms with Crippen LogP contribution in [-0.2, 0) is 6.54 Å². The molecule has 0 radical (unpaired) electrons. The van der Waals surface area contributed by atoms with E-state index in [0.717, 1.165) is 11.8 Å². The highest BCUT2D eigenvalue weighted by Crippen LogP contribution is 2.38. The molecule has 1 atom stereocenters. The van der Waals surface area contributed by atoms with Crippen LogP contribution in [0.4, 0.5) is 13.2 Å². The maximum Gasteiger partial charge on any atom is 0.399 e. The number of carbonyl (C=O) groups is 1. The van der Waals surface area contributed by atoms with Crippen LogP contribution >= 0.6 is 23.2 Å². The van der Waals surface area contributed by atoms with Gasteiger partial charge in [-0.2, -0.15) is 13.2 Å². The fraction of sp³-hybridized carbons (Fsp3) is 0.167. The number of allylic oxidation sites excluding steroid dienone is 1. The van der Waals surface area contributed by atoms with Crippen LogP contribution in [0.2, 0.25) is 10.0 Å². The Morgan fingerprint density at radius 3 is 2.41 bits per heavy atom. The minimum atomic E-state index is -4.52. The summed E-state index contributed by atoms with van der Waals surface area (Å²) in [5, 5.41) is 3.05. The summed E-state index contributed by atoms with van der Waals surface area (Å²) in [4.78, 5) is 16.6. The summed E-state index contributed by atoms with van der Waals surface area (Å²) in [7, 11) is 0. The number of hydrogen-bond donors (Lipinski definition) is 1.